The number of nitrogens with zero attached hydrogens (tertiary/aromatic N) is 1. The molecule has 6 nitrogen and oxygen atoms in total. The first-order valence-electron chi connectivity index (χ1n) is 7.93. The normalized spacial score (nSPS) is 31.6. The summed E-state index contributed by atoms with van der Waals surface area (Å²) < 4.78 is 17.0. The van der Waals surface area contributed by atoms with E-state index in [4.69, 9.17) is 14.2 Å². The topological polar surface area (TPSA) is 60.0 Å². The minimum atomic E-state index is -0.211. The van der Waals surface area contributed by atoms with Crippen LogP contribution in [0.2, 0.25) is 0 Å². The van der Waals surface area contributed by atoms with E-state index in [1.807, 2.05) is 6.92 Å². The van der Waals surface area contributed by atoms with Crippen molar-refractivity contribution in [1.82, 2.24) is 10.2 Å². The fourth-order valence-corrected chi connectivity index (χ4v) is 2.78. The van der Waals surface area contributed by atoms with Crippen LogP contribution in [-0.4, -0.2) is 68.7 Å². The Bertz CT molecular complexity index is 382. The minimum absolute atomic E-state index is 0.0337. The van der Waals surface area contributed by atoms with Gasteiger partial charge in [-0.25, -0.2) is 4.79 Å². The maximum absolute atomic E-state index is 12.2. The lowest BCUT2D eigenvalue weighted by atomic mass is 9.94. The van der Waals surface area contributed by atoms with Gasteiger partial charge >= 0.3 is 6.09 Å². The molecule has 3 fully saturated rings. The quantitative estimate of drug-likeness (QED) is 0.820. The van der Waals surface area contributed by atoms with E-state index < -0.39 is 0 Å². The molecule has 1 aliphatic carbocycles. The predicted molar refractivity (Wildman–Crippen MR) is 77.2 cm³/mol. The van der Waals surface area contributed by atoms with E-state index in [0.29, 0.717) is 25.2 Å². The summed E-state index contributed by atoms with van der Waals surface area (Å²) in [5, 5.41) is 3.20. The van der Waals surface area contributed by atoms with Crippen LogP contribution in [0.15, 0.2) is 0 Å². The number of methoxy groups -OCH3 is 1. The first-order chi connectivity index (χ1) is 10.1. The first kappa shape index (κ1) is 15.1. The van der Waals surface area contributed by atoms with Gasteiger partial charge in [-0.15, -0.1) is 0 Å². The van der Waals surface area contributed by atoms with Crippen molar-refractivity contribution >= 4 is 6.09 Å². The number of hydrogen-bond acceptors (Lipinski definition) is 5. The summed E-state index contributed by atoms with van der Waals surface area (Å²) in [6.45, 7) is 5.92. The van der Waals surface area contributed by atoms with E-state index in [-0.39, 0.29) is 17.8 Å². The van der Waals surface area contributed by atoms with Crippen LogP contribution in [0.4, 0.5) is 4.79 Å². The zero-order chi connectivity index (χ0) is 14.9. The second-order valence-corrected chi connectivity index (χ2v) is 6.70. The van der Waals surface area contributed by atoms with Crippen LogP contribution in [0.3, 0.4) is 0 Å². The number of carbonyl (C=O) groups excluding carboxylic acids is 1. The molecule has 0 aromatic carbocycles. The van der Waals surface area contributed by atoms with Gasteiger partial charge in [-0.1, -0.05) is 0 Å². The lowest BCUT2D eigenvalue weighted by Crippen LogP contribution is -2.52. The average Bonchev–Trinajstić information content (AvgIpc) is 3.14. The fourth-order valence-electron chi connectivity index (χ4n) is 2.78. The molecule has 120 valence electrons. The molecule has 0 spiro atoms. The number of ether oxygens (including phenoxy) is 3. The smallest absolute Gasteiger partial charge is 0.410 e. The van der Waals surface area contributed by atoms with Gasteiger partial charge in [0.2, 0.25) is 0 Å². The molecule has 0 unspecified atom stereocenters. The summed E-state index contributed by atoms with van der Waals surface area (Å²) in [6.07, 6.45) is 3.05. The molecule has 1 saturated carbocycles. The molecule has 3 aliphatic rings. The van der Waals surface area contributed by atoms with Crippen LogP contribution in [0.25, 0.3) is 0 Å². The van der Waals surface area contributed by atoms with Gasteiger partial charge in [-0.2, -0.15) is 0 Å². The van der Waals surface area contributed by atoms with Gasteiger partial charge in [-0.3, -0.25) is 0 Å². The van der Waals surface area contributed by atoms with Gasteiger partial charge in [-0.05, 0) is 26.2 Å². The van der Waals surface area contributed by atoms with Gasteiger partial charge < -0.3 is 24.4 Å². The van der Waals surface area contributed by atoms with Gasteiger partial charge in [0.1, 0.15) is 5.60 Å². The molecule has 2 heterocycles. The molecule has 3 rings (SSSR count). The number of nitrogens with one attached hydrogen (secondary N) is 1. The monoisotopic (exact) mass is 298 g/mol. The number of piperidine rings is 1. The largest absolute Gasteiger partial charge is 0.443 e. The van der Waals surface area contributed by atoms with Crippen molar-refractivity contribution in [3.63, 3.8) is 0 Å². The summed E-state index contributed by atoms with van der Waals surface area (Å²) in [4.78, 5) is 13.9. The number of hydrogen-bond donors (Lipinski definition) is 1. The van der Waals surface area contributed by atoms with Crippen molar-refractivity contribution in [2.75, 3.05) is 39.9 Å². The van der Waals surface area contributed by atoms with Crippen LogP contribution in [-0.2, 0) is 14.2 Å². The third kappa shape index (κ3) is 3.67. The molecule has 21 heavy (non-hydrogen) atoms. The Balaban J connectivity index is 1.46. The molecule has 0 aromatic heterocycles. The highest BCUT2D eigenvalue weighted by molar-refractivity contribution is 5.68. The fraction of sp³-hybridized carbons (Fsp3) is 0.933. The number of carbonyl (C=O) groups is 1. The lowest BCUT2D eigenvalue weighted by molar-refractivity contribution is -0.0698. The van der Waals surface area contributed by atoms with E-state index in [0.717, 1.165) is 38.9 Å². The minimum Gasteiger partial charge on any atom is -0.443 e. The Hall–Kier alpha value is -0.850. The van der Waals surface area contributed by atoms with Gasteiger partial charge in [0, 0.05) is 32.7 Å². The predicted octanol–water partition coefficient (Wildman–Crippen LogP) is 1.00. The van der Waals surface area contributed by atoms with Crippen molar-refractivity contribution in [2.24, 2.45) is 5.92 Å². The van der Waals surface area contributed by atoms with Crippen LogP contribution in [0.1, 0.15) is 26.2 Å². The number of likely N-dealkylation sites (tertiary alicyclic amines) is 1. The molecule has 1 amide bonds. The lowest BCUT2D eigenvalue weighted by Gasteiger charge is -2.38. The summed E-state index contributed by atoms with van der Waals surface area (Å²) in [6, 6.07) is 0. The first-order valence-corrected chi connectivity index (χ1v) is 7.93. The Morgan fingerprint density at radius 1 is 1.38 bits per heavy atom. The highest BCUT2D eigenvalue weighted by atomic mass is 16.6. The van der Waals surface area contributed by atoms with Crippen molar-refractivity contribution in [3.05, 3.63) is 0 Å². The summed E-state index contributed by atoms with van der Waals surface area (Å²) in [5.41, 5.74) is -0.211. The third-order valence-electron chi connectivity index (χ3n) is 4.83. The van der Waals surface area contributed by atoms with Crippen LogP contribution in [0, 0.1) is 5.92 Å². The van der Waals surface area contributed by atoms with Crippen molar-refractivity contribution in [2.45, 2.75) is 44.0 Å². The summed E-state index contributed by atoms with van der Waals surface area (Å²) in [7, 11) is 1.71. The van der Waals surface area contributed by atoms with E-state index in [2.05, 4.69) is 5.32 Å². The highest BCUT2D eigenvalue weighted by Crippen LogP contribution is 2.39. The molecule has 0 aromatic rings. The van der Waals surface area contributed by atoms with Crippen molar-refractivity contribution in [3.8, 4) is 0 Å². The third-order valence-corrected chi connectivity index (χ3v) is 4.83. The molecule has 2 saturated heterocycles. The Morgan fingerprint density at radius 3 is 2.71 bits per heavy atom. The number of amides is 1. The van der Waals surface area contributed by atoms with Crippen molar-refractivity contribution in [1.29, 1.82) is 0 Å². The molecule has 0 radical (unpaired) electrons. The van der Waals surface area contributed by atoms with Crippen LogP contribution in [0.5, 0.6) is 0 Å². The Morgan fingerprint density at radius 2 is 2.14 bits per heavy atom. The summed E-state index contributed by atoms with van der Waals surface area (Å²) in [5.74, 6) is 0.358. The highest BCUT2D eigenvalue weighted by Gasteiger charge is 2.43. The average molecular weight is 298 g/mol. The molecular formula is C15H26N2O4. The molecule has 2 aliphatic heterocycles. The standard InChI is InChI=1S/C15H26N2O4/c1-15(4-5-15)21-14(18)17-6-3-11(13(9-17)19-2)10-20-12-7-16-8-12/h11-13,16H,3-10H2,1-2H3/t11-,13-/m0/s1. The number of rotatable bonds is 5. The summed E-state index contributed by atoms with van der Waals surface area (Å²) >= 11 is 0. The van der Waals surface area contributed by atoms with Gasteiger partial charge in [0.25, 0.3) is 0 Å². The zero-order valence-corrected chi connectivity index (χ0v) is 13.0. The maximum Gasteiger partial charge on any atom is 0.410 e. The van der Waals surface area contributed by atoms with Gasteiger partial charge in [0.05, 0.1) is 25.4 Å². The molecule has 1 N–H and O–H groups in total. The SMILES string of the molecule is CO[C@H]1CN(C(=O)OC2(C)CC2)CC[C@H]1COC1CNC1. The maximum atomic E-state index is 12.2. The van der Waals surface area contributed by atoms with E-state index in [1.54, 1.807) is 12.0 Å². The Kier molecular flexibility index (Phi) is 4.38. The zero-order valence-electron chi connectivity index (χ0n) is 13.0. The molecule has 0 bridgehead atoms. The van der Waals surface area contributed by atoms with Crippen LogP contribution >= 0.6 is 0 Å². The molecule has 6 heteroatoms. The second kappa shape index (κ2) is 6.10. The second-order valence-electron chi connectivity index (χ2n) is 6.70. The van der Waals surface area contributed by atoms with E-state index in [1.165, 1.54) is 0 Å². The Labute approximate surface area is 126 Å². The van der Waals surface area contributed by atoms with Crippen molar-refractivity contribution < 1.29 is 19.0 Å². The van der Waals surface area contributed by atoms with Crippen LogP contribution < -0.4 is 5.32 Å². The molecular weight excluding hydrogens is 272 g/mol. The van der Waals surface area contributed by atoms with E-state index >= 15 is 0 Å². The molecule has 2 atom stereocenters. The van der Waals surface area contributed by atoms with E-state index in [9.17, 15) is 4.79 Å². The van der Waals surface area contributed by atoms with Gasteiger partial charge in [0.15, 0.2) is 0 Å².